The smallest absolute Gasteiger partial charge is 0.0365 e. The number of rotatable bonds is 36. The molecule has 0 heterocycles. The number of unbranched alkanes of at least 4 members (excludes halogenated alkanes) is 30. The van der Waals surface area contributed by atoms with Gasteiger partial charge in [0.25, 0.3) is 0 Å². The van der Waals surface area contributed by atoms with Crippen molar-refractivity contribution in [1.29, 1.82) is 0 Å². The maximum Gasteiger partial charge on any atom is 0.0365 e. The highest BCUT2D eigenvalue weighted by molar-refractivity contribution is 5.55. The van der Waals surface area contributed by atoms with Crippen molar-refractivity contribution in [2.24, 2.45) is 0 Å². The van der Waals surface area contributed by atoms with Crippen LogP contribution in [0.15, 0.2) is 24.3 Å². The fourth-order valence-electron chi connectivity index (χ4n) is 7.01. The molecule has 0 aliphatic carbocycles. The Kier molecular flexibility index (Phi) is 31.4. The summed E-state index contributed by atoms with van der Waals surface area (Å²) < 4.78 is 0. The third-order valence-electron chi connectivity index (χ3n) is 10.4. The van der Waals surface area contributed by atoms with Crippen LogP contribution in [0.3, 0.4) is 0 Å². The second-order valence-corrected chi connectivity index (χ2v) is 15.0. The molecule has 270 valence electrons. The molecule has 0 aromatic heterocycles. The Morgan fingerprint density at radius 3 is 0.652 bits per heavy atom. The Labute approximate surface area is 291 Å². The van der Waals surface area contributed by atoms with Crippen LogP contribution in [0.2, 0.25) is 0 Å². The SMILES string of the molecule is CCCCCCCCCCCCCCCCCCN(C)c1ccc(N(C)CCCCCCCCCCCCCCCCCC)cc1. The summed E-state index contributed by atoms with van der Waals surface area (Å²) in [5.41, 5.74) is 2.72. The zero-order valence-electron chi connectivity index (χ0n) is 32.2. The molecule has 2 heteroatoms. The summed E-state index contributed by atoms with van der Waals surface area (Å²) in [5, 5.41) is 0. The van der Waals surface area contributed by atoms with E-state index in [9.17, 15) is 0 Å². The van der Waals surface area contributed by atoms with E-state index in [1.165, 1.54) is 230 Å². The van der Waals surface area contributed by atoms with Crippen LogP contribution < -0.4 is 9.80 Å². The van der Waals surface area contributed by atoms with Gasteiger partial charge < -0.3 is 9.80 Å². The predicted molar refractivity (Wildman–Crippen MR) is 212 cm³/mol. The zero-order chi connectivity index (χ0) is 33.2. The second-order valence-electron chi connectivity index (χ2n) is 15.0. The van der Waals surface area contributed by atoms with E-state index in [0.29, 0.717) is 0 Å². The van der Waals surface area contributed by atoms with Gasteiger partial charge in [0.05, 0.1) is 0 Å². The Hall–Kier alpha value is -1.18. The average molecular weight is 641 g/mol. The molecule has 0 radical (unpaired) electrons. The molecule has 1 aromatic rings. The van der Waals surface area contributed by atoms with Crippen LogP contribution >= 0.6 is 0 Å². The first-order chi connectivity index (χ1) is 22.7. The third-order valence-corrected chi connectivity index (χ3v) is 10.4. The van der Waals surface area contributed by atoms with Crippen molar-refractivity contribution < 1.29 is 0 Å². The van der Waals surface area contributed by atoms with E-state index in [2.05, 4.69) is 62.0 Å². The third kappa shape index (κ3) is 26.8. The van der Waals surface area contributed by atoms with Gasteiger partial charge >= 0.3 is 0 Å². The van der Waals surface area contributed by atoms with Crippen LogP contribution in [0.5, 0.6) is 0 Å². The van der Waals surface area contributed by atoms with E-state index in [1.807, 2.05) is 0 Å². The summed E-state index contributed by atoms with van der Waals surface area (Å²) in [5.74, 6) is 0. The summed E-state index contributed by atoms with van der Waals surface area (Å²) >= 11 is 0. The van der Waals surface area contributed by atoms with Gasteiger partial charge in [-0.1, -0.05) is 206 Å². The van der Waals surface area contributed by atoms with Crippen molar-refractivity contribution in [3.8, 4) is 0 Å². The highest BCUT2D eigenvalue weighted by Gasteiger charge is 2.05. The van der Waals surface area contributed by atoms with Crippen molar-refractivity contribution in [3.05, 3.63) is 24.3 Å². The molecule has 1 aromatic carbocycles. The average Bonchev–Trinajstić information content (AvgIpc) is 3.07. The predicted octanol–water partition coefficient (Wildman–Crippen LogP) is 15.1. The minimum absolute atomic E-state index is 1.17. The van der Waals surface area contributed by atoms with Gasteiger partial charge in [-0.3, -0.25) is 0 Å². The lowest BCUT2D eigenvalue weighted by Crippen LogP contribution is -2.20. The number of benzene rings is 1. The highest BCUT2D eigenvalue weighted by atomic mass is 15.1. The summed E-state index contributed by atoms with van der Waals surface area (Å²) in [4.78, 5) is 4.90. The second kappa shape index (κ2) is 33.7. The molecule has 1 rings (SSSR count). The lowest BCUT2D eigenvalue weighted by atomic mass is 10.0. The van der Waals surface area contributed by atoms with Gasteiger partial charge in [0, 0.05) is 38.6 Å². The van der Waals surface area contributed by atoms with Gasteiger partial charge in [-0.05, 0) is 37.1 Å². The molecule has 2 nitrogen and oxygen atoms in total. The molecule has 0 aliphatic rings. The lowest BCUT2D eigenvalue weighted by Gasteiger charge is -2.22. The van der Waals surface area contributed by atoms with Crippen molar-refractivity contribution in [1.82, 2.24) is 0 Å². The fraction of sp³-hybridized carbons (Fsp3) is 0.864. The normalized spacial score (nSPS) is 11.4. The maximum absolute atomic E-state index is 2.45. The van der Waals surface area contributed by atoms with Crippen molar-refractivity contribution >= 4 is 11.4 Å². The van der Waals surface area contributed by atoms with E-state index in [1.54, 1.807) is 0 Å². The minimum atomic E-state index is 1.17. The van der Waals surface area contributed by atoms with Gasteiger partial charge in [0.15, 0.2) is 0 Å². The largest absolute Gasteiger partial charge is 0.375 e. The van der Waals surface area contributed by atoms with E-state index in [4.69, 9.17) is 0 Å². The van der Waals surface area contributed by atoms with Crippen LogP contribution in [0.4, 0.5) is 11.4 Å². The van der Waals surface area contributed by atoms with Crippen LogP contribution in [-0.4, -0.2) is 27.2 Å². The summed E-state index contributed by atoms with van der Waals surface area (Å²) in [6.07, 6.45) is 45.9. The fourth-order valence-corrected chi connectivity index (χ4v) is 7.01. The molecule has 0 fully saturated rings. The molecule has 0 spiro atoms. The molecule has 0 amide bonds. The Bertz CT molecular complexity index is 652. The monoisotopic (exact) mass is 641 g/mol. The number of nitrogens with zero attached hydrogens (tertiary/aromatic N) is 2. The van der Waals surface area contributed by atoms with E-state index in [0.717, 1.165) is 0 Å². The van der Waals surface area contributed by atoms with Gasteiger partial charge in [-0.15, -0.1) is 0 Å². The standard InChI is InChI=1S/C44H84N2/c1-5-7-9-11-13-15-17-19-21-23-25-27-29-31-33-35-41-45(3)43-37-39-44(40-38-43)46(4)42-36-34-32-30-28-26-24-22-20-18-16-14-12-10-8-6-2/h37-40H,5-36,41-42H2,1-4H3. The molecule has 0 bridgehead atoms. The maximum atomic E-state index is 2.45. The molecule has 0 aliphatic heterocycles. The Morgan fingerprint density at radius 1 is 0.283 bits per heavy atom. The van der Waals surface area contributed by atoms with Gasteiger partial charge in [0.2, 0.25) is 0 Å². The molecule has 46 heavy (non-hydrogen) atoms. The minimum Gasteiger partial charge on any atom is -0.375 e. The van der Waals surface area contributed by atoms with Crippen molar-refractivity contribution in [3.63, 3.8) is 0 Å². The summed E-state index contributed by atoms with van der Waals surface area (Å²) in [6, 6.07) is 9.30. The number of hydrogen-bond acceptors (Lipinski definition) is 2. The number of anilines is 2. The van der Waals surface area contributed by atoms with Crippen LogP contribution in [0.1, 0.15) is 219 Å². The molecule has 0 saturated heterocycles. The van der Waals surface area contributed by atoms with Crippen molar-refractivity contribution in [2.45, 2.75) is 219 Å². The molecular formula is C44H84N2. The number of hydrogen-bond donors (Lipinski definition) is 0. The first-order valence-electron chi connectivity index (χ1n) is 21.2. The Balaban J connectivity index is 1.92. The van der Waals surface area contributed by atoms with E-state index in [-0.39, 0.29) is 0 Å². The summed E-state index contributed by atoms with van der Waals surface area (Å²) in [6.45, 7) is 6.96. The lowest BCUT2D eigenvalue weighted by molar-refractivity contribution is 0.529. The van der Waals surface area contributed by atoms with Gasteiger partial charge in [-0.25, -0.2) is 0 Å². The van der Waals surface area contributed by atoms with Gasteiger partial charge in [-0.2, -0.15) is 0 Å². The Morgan fingerprint density at radius 2 is 0.457 bits per heavy atom. The van der Waals surface area contributed by atoms with Crippen molar-refractivity contribution in [2.75, 3.05) is 37.0 Å². The molecular weight excluding hydrogens is 556 g/mol. The molecule has 0 N–H and O–H groups in total. The van der Waals surface area contributed by atoms with Crippen LogP contribution in [0, 0.1) is 0 Å². The summed E-state index contributed by atoms with van der Waals surface area (Å²) in [7, 11) is 4.53. The zero-order valence-corrected chi connectivity index (χ0v) is 32.2. The molecule has 0 atom stereocenters. The first kappa shape index (κ1) is 42.8. The van der Waals surface area contributed by atoms with Crippen LogP contribution in [0.25, 0.3) is 0 Å². The quantitative estimate of drug-likeness (QED) is 0.0673. The molecule has 0 unspecified atom stereocenters. The van der Waals surface area contributed by atoms with Gasteiger partial charge in [0.1, 0.15) is 0 Å². The van der Waals surface area contributed by atoms with E-state index >= 15 is 0 Å². The highest BCUT2D eigenvalue weighted by Crippen LogP contribution is 2.21. The van der Waals surface area contributed by atoms with Crippen LogP contribution in [-0.2, 0) is 0 Å². The van der Waals surface area contributed by atoms with E-state index < -0.39 is 0 Å². The first-order valence-corrected chi connectivity index (χ1v) is 21.2. The topological polar surface area (TPSA) is 6.48 Å². The molecule has 0 saturated carbocycles.